The molecule has 21 heavy (non-hydrogen) atoms. The molecule has 0 N–H and O–H groups in total. The van der Waals surface area contributed by atoms with Gasteiger partial charge in [-0.25, -0.2) is 4.98 Å². The Morgan fingerprint density at radius 1 is 1.29 bits per heavy atom. The van der Waals surface area contributed by atoms with E-state index in [2.05, 4.69) is 9.72 Å². The molecule has 0 aliphatic carbocycles. The van der Waals surface area contributed by atoms with E-state index in [1.807, 2.05) is 4.90 Å². The number of nitrogens with zero attached hydrogens (tertiary/aromatic N) is 3. The van der Waals surface area contributed by atoms with Gasteiger partial charge in [0.05, 0.1) is 13.7 Å². The van der Waals surface area contributed by atoms with E-state index in [0.717, 1.165) is 6.07 Å². The number of hydrogen-bond donors (Lipinski definition) is 0. The summed E-state index contributed by atoms with van der Waals surface area (Å²) >= 11 is 0. The van der Waals surface area contributed by atoms with Crippen molar-refractivity contribution >= 4 is 11.8 Å². The van der Waals surface area contributed by atoms with E-state index in [1.165, 1.54) is 13.2 Å². The third kappa shape index (κ3) is 4.07. The van der Waals surface area contributed by atoms with Gasteiger partial charge >= 0.3 is 12.1 Å². The van der Waals surface area contributed by atoms with Crippen LogP contribution in [0.15, 0.2) is 18.2 Å². The van der Waals surface area contributed by atoms with Crippen LogP contribution in [-0.4, -0.2) is 55.7 Å². The lowest BCUT2D eigenvalue weighted by molar-refractivity contribution is -0.142. The molecule has 5 nitrogen and oxygen atoms in total. The molecular weight excluding hydrogens is 287 g/mol. The van der Waals surface area contributed by atoms with Crippen molar-refractivity contribution in [3.8, 4) is 0 Å². The maximum atomic E-state index is 12.6. The molecule has 2 rings (SSSR count). The van der Waals surface area contributed by atoms with Crippen LogP contribution in [-0.2, 0) is 15.7 Å². The summed E-state index contributed by atoms with van der Waals surface area (Å²) in [6.45, 7) is 2.39. The molecule has 116 valence electrons. The fourth-order valence-electron chi connectivity index (χ4n) is 2.14. The summed E-state index contributed by atoms with van der Waals surface area (Å²) in [6.07, 6.45) is -4.44. The smallest absolute Gasteiger partial charge is 0.433 e. The number of halogens is 3. The first-order valence-electron chi connectivity index (χ1n) is 6.48. The van der Waals surface area contributed by atoms with E-state index < -0.39 is 11.9 Å². The summed E-state index contributed by atoms with van der Waals surface area (Å²) in [4.78, 5) is 18.5. The molecule has 1 aromatic heterocycles. The van der Waals surface area contributed by atoms with Crippen LogP contribution in [0.2, 0.25) is 0 Å². The van der Waals surface area contributed by atoms with Gasteiger partial charge < -0.3 is 9.64 Å². The molecule has 2 heterocycles. The zero-order valence-electron chi connectivity index (χ0n) is 11.6. The number of carbonyl (C=O) groups excluding carboxylic acids is 1. The Kier molecular flexibility index (Phi) is 4.66. The van der Waals surface area contributed by atoms with Gasteiger partial charge in [0, 0.05) is 26.2 Å². The second kappa shape index (κ2) is 6.30. The van der Waals surface area contributed by atoms with Gasteiger partial charge in [0.1, 0.15) is 11.5 Å². The van der Waals surface area contributed by atoms with E-state index >= 15 is 0 Å². The van der Waals surface area contributed by atoms with Crippen LogP contribution in [0.3, 0.4) is 0 Å². The number of anilines is 1. The van der Waals surface area contributed by atoms with Gasteiger partial charge in [-0.15, -0.1) is 0 Å². The molecule has 0 amide bonds. The van der Waals surface area contributed by atoms with Crippen molar-refractivity contribution in [1.82, 2.24) is 9.88 Å². The summed E-state index contributed by atoms with van der Waals surface area (Å²) in [7, 11) is 1.32. The van der Waals surface area contributed by atoms with Crippen molar-refractivity contribution in [3.05, 3.63) is 23.9 Å². The van der Waals surface area contributed by atoms with Gasteiger partial charge in [-0.2, -0.15) is 13.2 Å². The van der Waals surface area contributed by atoms with E-state index in [-0.39, 0.29) is 12.5 Å². The van der Waals surface area contributed by atoms with E-state index in [0.29, 0.717) is 32.0 Å². The summed E-state index contributed by atoms with van der Waals surface area (Å²) in [6, 6.07) is 3.87. The highest BCUT2D eigenvalue weighted by Gasteiger charge is 2.33. The number of esters is 1. The standard InChI is InChI=1S/C13H16F3N3O2/c1-21-12(20)9-18-5-7-19(8-6-18)11-4-2-3-10(17-11)13(14,15)16/h2-4H,5-9H2,1H3. The van der Waals surface area contributed by atoms with Gasteiger partial charge in [-0.3, -0.25) is 9.69 Å². The van der Waals surface area contributed by atoms with Crippen molar-refractivity contribution in [2.75, 3.05) is 44.7 Å². The number of pyridine rings is 1. The normalized spacial score (nSPS) is 16.9. The van der Waals surface area contributed by atoms with Crippen LogP contribution in [0.4, 0.5) is 19.0 Å². The van der Waals surface area contributed by atoms with Crippen LogP contribution in [0.1, 0.15) is 5.69 Å². The Bertz CT molecular complexity index is 500. The van der Waals surface area contributed by atoms with Crippen molar-refractivity contribution in [3.63, 3.8) is 0 Å². The molecule has 0 aromatic carbocycles. The molecule has 0 saturated carbocycles. The highest BCUT2D eigenvalue weighted by molar-refractivity contribution is 5.71. The van der Waals surface area contributed by atoms with Crippen LogP contribution >= 0.6 is 0 Å². The van der Waals surface area contributed by atoms with E-state index in [1.54, 1.807) is 11.0 Å². The first-order valence-corrected chi connectivity index (χ1v) is 6.48. The number of rotatable bonds is 3. The summed E-state index contributed by atoms with van der Waals surface area (Å²) in [5.41, 5.74) is -0.892. The van der Waals surface area contributed by atoms with E-state index in [4.69, 9.17) is 0 Å². The fraction of sp³-hybridized carbons (Fsp3) is 0.538. The minimum atomic E-state index is -4.44. The quantitative estimate of drug-likeness (QED) is 0.790. The third-order valence-corrected chi connectivity index (χ3v) is 3.30. The van der Waals surface area contributed by atoms with Crippen molar-refractivity contribution in [2.45, 2.75) is 6.18 Å². The number of hydrogen-bond acceptors (Lipinski definition) is 5. The zero-order valence-corrected chi connectivity index (χ0v) is 11.6. The minimum Gasteiger partial charge on any atom is -0.468 e. The lowest BCUT2D eigenvalue weighted by Crippen LogP contribution is -2.48. The average Bonchev–Trinajstić information content (AvgIpc) is 2.47. The largest absolute Gasteiger partial charge is 0.468 e. The lowest BCUT2D eigenvalue weighted by Gasteiger charge is -2.34. The molecule has 0 bridgehead atoms. The molecule has 1 saturated heterocycles. The highest BCUT2D eigenvalue weighted by Crippen LogP contribution is 2.29. The number of piperazine rings is 1. The van der Waals surface area contributed by atoms with E-state index in [9.17, 15) is 18.0 Å². The molecule has 0 spiro atoms. The number of methoxy groups -OCH3 is 1. The van der Waals surface area contributed by atoms with Gasteiger partial charge in [-0.05, 0) is 12.1 Å². The Balaban J connectivity index is 1.98. The monoisotopic (exact) mass is 303 g/mol. The topological polar surface area (TPSA) is 45.7 Å². The SMILES string of the molecule is COC(=O)CN1CCN(c2cccc(C(F)(F)F)n2)CC1. The Morgan fingerprint density at radius 2 is 1.95 bits per heavy atom. The fourth-order valence-corrected chi connectivity index (χ4v) is 2.14. The van der Waals surface area contributed by atoms with Gasteiger partial charge in [0.2, 0.25) is 0 Å². The maximum absolute atomic E-state index is 12.6. The lowest BCUT2D eigenvalue weighted by atomic mass is 10.3. The van der Waals surface area contributed by atoms with Crippen molar-refractivity contribution in [1.29, 1.82) is 0 Å². The minimum absolute atomic E-state index is 0.195. The molecule has 0 radical (unpaired) electrons. The van der Waals surface area contributed by atoms with Crippen molar-refractivity contribution < 1.29 is 22.7 Å². The number of alkyl halides is 3. The molecule has 0 atom stereocenters. The van der Waals surface area contributed by atoms with Gasteiger partial charge in [-0.1, -0.05) is 6.07 Å². The molecule has 1 aromatic rings. The molecular formula is C13H16F3N3O2. The number of ether oxygens (including phenoxy) is 1. The summed E-state index contributed by atoms with van der Waals surface area (Å²) in [5, 5.41) is 0. The van der Waals surface area contributed by atoms with Crippen LogP contribution < -0.4 is 4.90 Å². The molecule has 1 aliphatic heterocycles. The average molecular weight is 303 g/mol. The summed E-state index contributed by atoms with van der Waals surface area (Å²) < 4.78 is 42.5. The van der Waals surface area contributed by atoms with Crippen LogP contribution in [0.5, 0.6) is 0 Å². The summed E-state index contributed by atoms with van der Waals surface area (Å²) in [5.74, 6) is -0.0109. The first kappa shape index (κ1) is 15.6. The maximum Gasteiger partial charge on any atom is 0.433 e. The molecule has 8 heteroatoms. The number of aromatic nitrogens is 1. The molecule has 1 aliphatic rings. The first-order chi connectivity index (χ1) is 9.90. The van der Waals surface area contributed by atoms with Crippen molar-refractivity contribution in [2.24, 2.45) is 0 Å². The predicted octanol–water partition coefficient (Wildman–Crippen LogP) is 1.40. The molecule has 0 unspecified atom stereocenters. The number of carbonyl (C=O) groups is 1. The van der Waals surface area contributed by atoms with Crippen LogP contribution in [0.25, 0.3) is 0 Å². The van der Waals surface area contributed by atoms with Gasteiger partial charge in [0.15, 0.2) is 0 Å². The second-order valence-electron chi connectivity index (χ2n) is 4.72. The van der Waals surface area contributed by atoms with Gasteiger partial charge in [0.25, 0.3) is 0 Å². The Labute approximate surface area is 120 Å². The second-order valence-corrected chi connectivity index (χ2v) is 4.72. The van der Waals surface area contributed by atoms with Crippen LogP contribution in [0, 0.1) is 0 Å². The Morgan fingerprint density at radius 3 is 2.52 bits per heavy atom. The third-order valence-electron chi connectivity index (χ3n) is 3.30. The Hall–Kier alpha value is -1.83. The predicted molar refractivity (Wildman–Crippen MR) is 69.9 cm³/mol. The zero-order chi connectivity index (χ0) is 15.5. The highest BCUT2D eigenvalue weighted by atomic mass is 19.4. The molecule has 1 fully saturated rings.